The SMILES string of the molecule is COc1cccc2[nH]c(C(=O)N3C[C@@H]4COC[C@H](C3)N(CC(=O)O)C4)cc12. The standard InChI is InChI=1S/C19H23N3O5/c1-26-17-4-2-3-15-14(17)5-16(20-15)19(25)22-7-12-6-21(9-18(23)24)13(8-22)11-27-10-12/h2-5,12-13,20H,6-11H2,1H3,(H,23,24)/t12-,13+/m1/s1. The molecule has 0 saturated carbocycles. The predicted molar refractivity (Wildman–Crippen MR) is 98.1 cm³/mol. The van der Waals surface area contributed by atoms with E-state index in [0.717, 1.165) is 16.7 Å². The van der Waals surface area contributed by atoms with E-state index in [-0.39, 0.29) is 24.4 Å². The van der Waals surface area contributed by atoms with Crippen molar-refractivity contribution in [3.63, 3.8) is 0 Å². The quantitative estimate of drug-likeness (QED) is 0.831. The zero-order chi connectivity index (χ0) is 19.0. The molecule has 8 heteroatoms. The molecule has 3 heterocycles. The van der Waals surface area contributed by atoms with E-state index in [4.69, 9.17) is 9.47 Å². The number of H-pyrrole nitrogens is 1. The molecule has 144 valence electrons. The van der Waals surface area contributed by atoms with Crippen LogP contribution < -0.4 is 4.74 Å². The number of rotatable bonds is 4. The van der Waals surface area contributed by atoms with Crippen LogP contribution in [-0.2, 0) is 9.53 Å². The molecule has 1 aromatic heterocycles. The first-order valence-electron chi connectivity index (χ1n) is 9.03. The summed E-state index contributed by atoms with van der Waals surface area (Å²) in [6.07, 6.45) is 0. The lowest BCUT2D eigenvalue weighted by atomic mass is 10.1. The van der Waals surface area contributed by atoms with Crippen LogP contribution in [0.25, 0.3) is 10.9 Å². The van der Waals surface area contributed by atoms with E-state index in [1.165, 1.54) is 0 Å². The van der Waals surface area contributed by atoms with Crippen molar-refractivity contribution in [2.45, 2.75) is 6.04 Å². The number of carbonyl (C=O) groups is 2. The highest BCUT2D eigenvalue weighted by molar-refractivity contribution is 5.99. The predicted octanol–water partition coefficient (Wildman–Crippen LogP) is 1.03. The van der Waals surface area contributed by atoms with Gasteiger partial charge < -0.3 is 24.5 Å². The summed E-state index contributed by atoms with van der Waals surface area (Å²) in [7, 11) is 1.61. The van der Waals surface area contributed by atoms with Crippen molar-refractivity contribution >= 4 is 22.8 Å². The van der Waals surface area contributed by atoms with Gasteiger partial charge in [0.15, 0.2) is 0 Å². The summed E-state index contributed by atoms with van der Waals surface area (Å²) in [4.78, 5) is 31.3. The number of benzene rings is 1. The zero-order valence-electron chi connectivity index (χ0n) is 15.2. The third-order valence-corrected chi connectivity index (χ3v) is 5.28. The number of ether oxygens (including phenoxy) is 2. The highest BCUT2D eigenvalue weighted by Gasteiger charge is 2.36. The molecule has 1 amide bonds. The van der Waals surface area contributed by atoms with Crippen molar-refractivity contribution in [3.8, 4) is 5.75 Å². The largest absolute Gasteiger partial charge is 0.496 e. The van der Waals surface area contributed by atoms with Gasteiger partial charge in [-0.2, -0.15) is 0 Å². The second kappa shape index (κ2) is 7.21. The molecule has 2 aliphatic rings. The Bertz CT molecular complexity index is 864. The Morgan fingerprint density at radius 1 is 1.30 bits per heavy atom. The second-order valence-electron chi connectivity index (χ2n) is 7.20. The van der Waals surface area contributed by atoms with Gasteiger partial charge in [-0.05, 0) is 18.2 Å². The number of amides is 1. The molecule has 2 aromatic rings. The lowest BCUT2D eigenvalue weighted by molar-refractivity contribution is -0.139. The maximum atomic E-state index is 13.2. The molecular formula is C19H23N3O5. The molecule has 8 nitrogen and oxygen atoms in total. The van der Waals surface area contributed by atoms with E-state index >= 15 is 0 Å². The Morgan fingerprint density at radius 3 is 2.93 bits per heavy atom. The topological polar surface area (TPSA) is 95.1 Å². The molecule has 2 aliphatic heterocycles. The van der Waals surface area contributed by atoms with Crippen LogP contribution in [0, 0.1) is 5.92 Å². The van der Waals surface area contributed by atoms with E-state index in [0.29, 0.717) is 38.5 Å². The first-order valence-corrected chi connectivity index (χ1v) is 9.03. The van der Waals surface area contributed by atoms with Gasteiger partial charge in [0.05, 0.1) is 32.9 Å². The number of fused-ring (bicyclic) bond motifs is 4. The van der Waals surface area contributed by atoms with Gasteiger partial charge in [-0.3, -0.25) is 14.5 Å². The number of aliphatic carboxylic acids is 1. The normalized spacial score (nSPS) is 23.2. The third kappa shape index (κ3) is 3.50. The fourth-order valence-corrected chi connectivity index (χ4v) is 4.05. The summed E-state index contributed by atoms with van der Waals surface area (Å²) in [5, 5.41) is 10.1. The molecule has 1 aromatic carbocycles. The van der Waals surface area contributed by atoms with E-state index in [1.54, 1.807) is 7.11 Å². The molecule has 0 unspecified atom stereocenters. The number of aromatic amines is 1. The molecule has 2 N–H and O–H groups in total. The Morgan fingerprint density at radius 2 is 2.15 bits per heavy atom. The van der Waals surface area contributed by atoms with E-state index < -0.39 is 5.97 Å². The number of hydrogen-bond acceptors (Lipinski definition) is 5. The van der Waals surface area contributed by atoms with Crippen molar-refractivity contribution in [1.82, 2.24) is 14.8 Å². The van der Waals surface area contributed by atoms with Gasteiger partial charge in [-0.15, -0.1) is 0 Å². The smallest absolute Gasteiger partial charge is 0.317 e. The molecule has 2 saturated heterocycles. The van der Waals surface area contributed by atoms with Crippen LogP contribution in [0.4, 0.5) is 0 Å². The Labute approximate surface area is 156 Å². The van der Waals surface area contributed by atoms with Crippen molar-refractivity contribution in [2.75, 3.05) is 46.5 Å². The van der Waals surface area contributed by atoms with Gasteiger partial charge in [-0.1, -0.05) is 6.07 Å². The molecule has 0 radical (unpaired) electrons. The number of carboxylic acids is 1. The van der Waals surface area contributed by atoms with Crippen LogP contribution in [0.2, 0.25) is 0 Å². The minimum atomic E-state index is -0.858. The Balaban J connectivity index is 1.60. The lowest BCUT2D eigenvalue weighted by Gasteiger charge is -2.30. The van der Waals surface area contributed by atoms with Crippen molar-refractivity contribution < 1.29 is 24.2 Å². The number of carbonyl (C=O) groups excluding carboxylic acids is 1. The van der Waals surface area contributed by atoms with Gasteiger partial charge in [0.1, 0.15) is 11.4 Å². The van der Waals surface area contributed by atoms with Crippen LogP contribution in [0.5, 0.6) is 5.75 Å². The third-order valence-electron chi connectivity index (χ3n) is 5.28. The molecule has 0 spiro atoms. The first kappa shape index (κ1) is 17.8. The van der Waals surface area contributed by atoms with Gasteiger partial charge in [0.25, 0.3) is 5.91 Å². The van der Waals surface area contributed by atoms with Crippen LogP contribution in [-0.4, -0.2) is 84.3 Å². The molecule has 27 heavy (non-hydrogen) atoms. The fourth-order valence-electron chi connectivity index (χ4n) is 4.05. The highest BCUT2D eigenvalue weighted by atomic mass is 16.5. The maximum Gasteiger partial charge on any atom is 0.317 e. The van der Waals surface area contributed by atoms with Gasteiger partial charge in [0.2, 0.25) is 0 Å². The average Bonchev–Trinajstić information content (AvgIpc) is 2.89. The summed E-state index contributed by atoms with van der Waals surface area (Å²) in [6, 6.07) is 7.36. The summed E-state index contributed by atoms with van der Waals surface area (Å²) in [5.41, 5.74) is 1.36. The van der Waals surface area contributed by atoms with Crippen molar-refractivity contribution in [2.24, 2.45) is 5.92 Å². The van der Waals surface area contributed by atoms with E-state index in [1.807, 2.05) is 34.1 Å². The number of nitrogens with zero attached hydrogens (tertiary/aromatic N) is 2. The van der Waals surface area contributed by atoms with Gasteiger partial charge >= 0.3 is 5.97 Å². The van der Waals surface area contributed by atoms with Crippen molar-refractivity contribution in [3.05, 3.63) is 30.0 Å². The Kier molecular flexibility index (Phi) is 4.75. The number of aromatic nitrogens is 1. The molecule has 0 aliphatic carbocycles. The zero-order valence-corrected chi connectivity index (χ0v) is 15.2. The highest BCUT2D eigenvalue weighted by Crippen LogP contribution is 2.27. The minimum absolute atomic E-state index is 0.0316. The lowest BCUT2D eigenvalue weighted by Crippen LogP contribution is -2.47. The summed E-state index contributed by atoms with van der Waals surface area (Å²) < 4.78 is 11.1. The number of hydrogen-bond donors (Lipinski definition) is 2. The minimum Gasteiger partial charge on any atom is -0.496 e. The van der Waals surface area contributed by atoms with Crippen LogP contribution in [0.15, 0.2) is 24.3 Å². The molecular weight excluding hydrogens is 350 g/mol. The summed E-state index contributed by atoms with van der Waals surface area (Å²) >= 11 is 0. The molecule has 2 bridgehead atoms. The molecule has 2 atom stereocenters. The number of carboxylic acid groups (broad SMARTS) is 1. The second-order valence-corrected chi connectivity index (χ2v) is 7.20. The van der Waals surface area contributed by atoms with Gasteiger partial charge in [-0.25, -0.2) is 0 Å². The number of methoxy groups -OCH3 is 1. The van der Waals surface area contributed by atoms with E-state index in [9.17, 15) is 14.7 Å². The average molecular weight is 373 g/mol. The maximum absolute atomic E-state index is 13.2. The summed E-state index contributed by atoms with van der Waals surface area (Å²) in [6.45, 7) is 2.58. The van der Waals surface area contributed by atoms with Gasteiger partial charge in [0, 0.05) is 36.5 Å². The number of nitrogens with one attached hydrogen (secondary N) is 1. The van der Waals surface area contributed by atoms with Crippen LogP contribution >= 0.6 is 0 Å². The molecule has 2 fully saturated rings. The van der Waals surface area contributed by atoms with Crippen LogP contribution in [0.3, 0.4) is 0 Å². The van der Waals surface area contributed by atoms with E-state index in [2.05, 4.69) is 4.98 Å². The molecule has 4 rings (SSSR count). The monoisotopic (exact) mass is 373 g/mol. The first-order chi connectivity index (χ1) is 13.0. The Hall–Kier alpha value is -2.58. The summed E-state index contributed by atoms with van der Waals surface area (Å²) in [5.74, 6) is -0.123. The fraction of sp³-hybridized carbons (Fsp3) is 0.474. The van der Waals surface area contributed by atoms with Crippen LogP contribution in [0.1, 0.15) is 10.5 Å². The van der Waals surface area contributed by atoms with Crippen molar-refractivity contribution in [1.29, 1.82) is 0 Å².